The van der Waals surface area contributed by atoms with Crippen molar-refractivity contribution in [1.29, 1.82) is 0 Å². The van der Waals surface area contributed by atoms with Crippen LogP contribution in [0.15, 0.2) is 303 Å². The number of para-hydroxylation sites is 6. The Morgan fingerprint density at radius 1 is 0.218 bits per heavy atom. The van der Waals surface area contributed by atoms with Gasteiger partial charge in [-0.15, -0.1) is 0 Å². The summed E-state index contributed by atoms with van der Waals surface area (Å²) in [5, 5.41) is 9.44. The minimum absolute atomic E-state index is 1.03. The highest BCUT2D eigenvalue weighted by Gasteiger charge is 2.27. The zero-order valence-corrected chi connectivity index (χ0v) is 42.7. The first-order valence-electron chi connectivity index (χ1n) is 26.8. The molecule has 0 aliphatic heterocycles. The Morgan fingerprint density at radius 2 is 0.628 bits per heavy atom. The second-order valence-corrected chi connectivity index (χ2v) is 20.1. The summed E-state index contributed by atoms with van der Waals surface area (Å²) in [6.07, 6.45) is 0. The molecule has 0 atom stereocenters. The average Bonchev–Trinajstić information content (AvgIpc) is 4.10. The molecule has 0 fully saturated rings. The monoisotopic (exact) mass is 994 g/mol. The molecule has 366 valence electrons. The molecule has 0 saturated heterocycles. The van der Waals surface area contributed by atoms with Gasteiger partial charge in [-0.05, 0) is 123 Å². The van der Waals surface area contributed by atoms with Gasteiger partial charge < -0.3 is 18.9 Å². The quantitative estimate of drug-likeness (QED) is 0.127. The molecule has 0 amide bonds. The van der Waals surface area contributed by atoms with E-state index in [2.05, 4.69) is 322 Å². The smallest absolute Gasteiger partial charge is 0.0782 e. The van der Waals surface area contributed by atoms with Crippen molar-refractivity contribution in [2.75, 3.05) is 9.80 Å². The van der Waals surface area contributed by atoms with Crippen molar-refractivity contribution < 1.29 is 0 Å². The van der Waals surface area contributed by atoms with Crippen molar-refractivity contribution in [2.45, 2.75) is 0 Å². The number of hydrogen-bond donors (Lipinski definition) is 0. The Labute approximate surface area is 452 Å². The Hall–Kier alpha value is -10.4. The molecule has 2 aromatic heterocycles. The fraction of sp³-hybridized carbons (Fsp3) is 0. The number of benzene rings is 13. The predicted octanol–water partition coefficient (Wildman–Crippen LogP) is 20.5. The van der Waals surface area contributed by atoms with Crippen LogP contribution in [0.25, 0.3) is 98.8 Å². The summed E-state index contributed by atoms with van der Waals surface area (Å²) in [7, 11) is 0. The molecule has 78 heavy (non-hydrogen) atoms. The van der Waals surface area contributed by atoms with Gasteiger partial charge in [-0.2, -0.15) is 0 Å². The normalized spacial score (nSPS) is 11.6. The van der Waals surface area contributed by atoms with Crippen LogP contribution in [0, 0.1) is 0 Å². The van der Waals surface area contributed by atoms with E-state index in [1.165, 1.54) is 43.4 Å². The third-order valence-corrected chi connectivity index (χ3v) is 15.6. The molecule has 0 aliphatic carbocycles. The first kappa shape index (κ1) is 45.0. The van der Waals surface area contributed by atoms with Crippen LogP contribution in [0.4, 0.5) is 34.1 Å². The van der Waals surface area contributed by atoms with Gasteiger partial charge in [0.15, 0.2) is 0 Å². The van der Waals surface area contributed by atoms with Gasteiger partial charge in [-0.25, -0.2) is 0 Å². The minimum atomic E-state index is 1.03. The van der Waals surface area contributed by atoms with Crippen LogP contribution in [0.3, 0.4) is 0 Å². The number of rotatable bonds is 10. The molecule has 15 aromatic rings. The lowest BCUT2D eigenvalue weighted by Crippen LogP contribution is -2.15. The van der Waals surface area contributed by atoms with Crippen molar-refractivity contribution in [3.05, 3.63) is 303 Å². The zero-order chi connectivity index (χ0) is 51.5. The summed E-state index contributed by atoms with van der Waals surface area (Å²) in [5.74, 6) is 0. The van der Waals surface area contributed by atoms with E-state index in [0.29, 0.717) is 0 Å². The Bertz CT molecular complexity index is 4700. The maximum atomic E-state index is 2.52. The lowest BCUT2D eigenvalue weighted by Gasteiger charge is -2.32. The Kier molecular flexibility index (Phi) is 10.8. The van der Waals surface area contributed by atoms with Gasteiger partial charge in [0.05, 0.1) is 39.1 Å². The van der Waals surface area contributed by atoms with Gasteiger partial charge in [0, 0.05) is 55.4 Å². The molecule has 2 heterocycles. The summed E-state index contributed by atoms with van der Waals surface area (Å²) in [6.45, 7) is 0. The van der Waals surface area contributed by atoms with Gasteiger partial charge >= 0.3 is 0 Å². The SMILES string of the molecule is c1ccc(-c2ccc(N(c3cc(N(c4ccc(-c5ccccc5)cc4)c4cccc5c6ccccc6n(-c6ccccc6)c45)c4ccc5ccccc5c4c3)c3cccc4c5ccccc5n(-c5ccccc5)c34)cc2)cc1. The average molecular weight is 995 g/mol. The number of hydrogen-bond acceptors (Lipinski definition) is 2. The minimum Gasteiger partial charge on any atom is -0.308 e. The molecule has 13 aromatic carbocycles. The van der Waals surface area contributed by atoms with Crippen LogP contribution in [0.1, 0.15) is 0 Å². The van der Waals surface area contributed by atoms with Gasteiger partial charge in [0.1, 0.15) is 0 Å². The van der Waals surface area contributed by atoms with E-state index in [0.717, 1.165) is 89.5 Å². The predicted molar refractivity (Wildman–Crippen MR) is 330 cm³/mol. The van der Waals surface area contributed by atoms with Crippen molar-refractivity contribution in [3.63, 3.8) is 0 Å². The van der Waals surface area contributed by atoms with Crippen LogP contribution in [0.5, 0.6) is 0 Å². The topological polar surface area (TPSA) is 16.3 Å². The first-order valence-corrected chi connectivity index (χ1v) is 26.8. The third-order valence-electron chi connectivity index (χ3n) is 15.6. The van der Waals surface area contributed by atoms with E-state index < -0.39 is 0 Å². The largest absolute Gasteiger partial charge is 0.308 e. The molecular weight excluding hydrogens is 945 g/mol. The molecular formula is C74H50N4. The summed E-state index contributed by atoms with van der Waals surface area (Å²) >= 11 is 0. The number of nitrogens with zero attached hydrogens (tertiary/aromatic N) is 4. The van der Waals surface area contributed by atoms with Crippen molar-refractivity contribution in [2.24, 2.45) is 0 Å². The number of aromatic nitrogens is 2. The summed E-state index contributed by atoms with van der Waals surface area (Å²) in [5.41, 5.74) is 17.8. The maximum Gasteiger partial charge on any atom is 0.0782 e. The fourth-order valence-corrected chi connectivity index (χ4v) is 12.2. The molecule has 15 rings (SSSR count). The van der Waals surface area contributed by atoms with Crippen molar-refractivity contribution >= 4 is 99.3 Å². The number of fused-ring (bicyclic) bond motifs is 9. The van der Waals surface area contributed by atoms with E-state index in [1.807, 2.05) is 0 Å². The van der Waals surface area contributed by atoms with Crippen LogP contribution in [0.2, 0.25) is 0 Å². The molecule has 4 heteroatoms. The molecule has 4 nitrogen and oxygen atoms in total. The molecule has 0 unspecified atom stereocenters. The number of anilines is 6. The van der Waals surface area contributed by atoms with Crippen LogP contribution < -0.4 is 9.80 Å². The van der Waals surface area contributed by atoms with E-state index in [9.17, 15) is 0 Å². The van der Waals surface area contributed by atoms with Gasteiger partial charge in [0.25, 0.3) is 0 Å². The van der Waals surface area contributed by atoms with Gasteiger partial charge in [-0.1, -0.05) is 218 Å². The summed E-state index contributed by atoms with van der Waals surface area (Å²) < 4.78 is 4.91. The van der Waals surface area contributed by atoms with Crippen LogP contribution in [-0.2, 0) is 0 Å². The third kappa shape index (κ3) is 7.45. The molecule has 0 aliphatic rings. The van der Waals surface area contributed by atoms with Gasteiger partial charge in [0.2, 0.25) is 0 Å². The van der Waals surface area contributed by atoms with Crippen LogP contribution >= 0.6 is 0 Å². The van der Waals surface area contributed by atoms with Crippen molar-refractivity contribution in [1.82, 2.24) is 9.13 Å². The molecule has 0 bridgehead atoms. The lowest BCUT2D eigenvalue weighted by molar-refractivity contribution is 1.16. The van der Waals surface area contributed by atoms with Crippen LogP contribution in [-0.4, -0.2) is 9.13 Å². The Morgan fingerprint density at radius 3 is 1.15 bits per heavy atom. The van der Waals surface area contributed by atoms with E-state index in [4.69, 9.17) is 0 Å². The van der Waals surface area contributed by atoms with E-state index in [-0.39, 0.29) is 0 Å². The highest BCUT2D eigenvalue weighted by atomic mass is 15.2. The zero-order valence-electron chi connectivity index (χ0n) is 42.7. The van der Waals surface area contributed by atoms with E-state index >= 15 is 0 Å². The standard InChI is InChI=1S/C74H50N4/c1-5-21-51(22-6-1)53-39-44-58(45-40-53)75(70-37-19-33-65-62-31-15-17-35-68(62)77(73(65)70)56-26-9-3-10-27-56)60-49-67-61-30-14-13-25-55(61)43-48-64(67)72(50-60)76(59-46-41-54(42-47-59)52-23-7-2-8-24-52)71-38-20-34-66-63-32-16-18-36-69(63)78(74(66)71)57-28-11-4-12-29-57/h1-50H. The summed E-state index contributed by atoms with van der Waals surface area (Å²) in [6, 6.07) is 111. The highest BCUT2D eigenvalue weighted by molar-refractivity contribution is 6.19. The van der Waals surface area contributed by atoms with E-state index in [1.54, 1.807) is 0 Å². The first-order chi connectivity index (χ1) is 38.7. The maximum absolute atomic E-state index is 2.52. The second-order valence-electron chi connectivity index (χ2n) is 20.1. The van der Waals surface area contributed by atoms with Gasteiger partial charge in [-0.3, -0.25) is 0 Å². The molecule has 0 N–H and O–H groups in total. The molecule has 0 spiro atoms. The second kappa shape index (κ2) is 18.7. The Balaban J connectivity index is 1.07. The summed E-state index contributed by atoms with van der Waals surface area (Å²) in [4.78, 5) is 5.02. The lowest BCUT2D eigenvalue weighted by atomic mass is 9.97. The van der Waals surface area contributed by atoms with Crippen molar-refractivity contribution in [3.8, 4) is 33.6 Å². The molecule has 0 saturated carbocycles. The molecule has 0 radical (unpaired) electrons. The fourth-order valence-electron chi connectivity index (χ4n) is 12.2. The highest BCUT2D eigenvalue weighted by Crippen LogP contribution is 2.51.